The van der Waals surface area contributed by atoms with Crippen molar-refractivity contribution in [2.24, 2.45) is 5.92 Å². The molecule has 0 N–H and O–H groups in total. The number of rotatable bonds is 4. The van der Waals surface area contributed by atoms with Crippen LogP contribution in [0.15, 0.2) is 24.3 Å². The first kappa shape index (κ1) is 11.0. The summed E-state index contributed by atoms with van der Waals surface area (Å²) in [5, 5.41) is 0.331. The molecule has 1 saturated carbocycles. The van der Waals surface area contributed by atoms with Crippen LogP contribution in [0.3, 0.4) is 0 Å². The van der Waals surface area contributed by atoms with E-state index in [4.69, 9.17) is 11.6 Å². The summed E-state index contributed by atoms with van der Waals surface area (Å²) < 4.78 is 0. The highest BCUT2D eigenvalue weighted by Gasteiger charge is 2.20. The lowest BCUT2D eigenvalue weighted by molar-refractivity contribution is 0.292. The standard InChI is InChI=1S/C14H19Cl/c1-11-5-7-13(8-6-11)10-14(15)9-12-3-2-4-12/h5-8,12,14H,2-4,9-10H2,1H3. The molecular formula is C14H19Cl. The molecule has 0 bridgehead atoms. The SMILES string of the molecule is Cc1ccc(CC(Cl)CC2CCC2)cc1. The van der Waals surface area contributed by atoms with Crippen LogP contribution in [0.25, 0.3) is 0 Å². The zero-order valence-corrected chi connectivity index (χ0v) is 10.1. The first-order valence-electron chi connectivity index (χ1n) is 5.93. The van der Waals surface area contributed by atoms with E-state index in [0.29, 0.717) is 5.38 Å². The Morgan fingerprint density at radius 1 is 1.27 bits per heavy atom. The highest BCUT2D eigenvalue weighted by Crippen LogP contribution is 2.32. The minimum Gasteiger partial charge on any atom is -0.123 e. The van der Waals surface area contributed by atoms with Crippen LogP contribution >= 0.6 is 11.6 Å². The van der Waals surface area contributed by atoms with Crippen molar-refractivity contribution in [3.05, 3.63) is 35.4 Å². The Bertz CT molecular complexity index is 298. The number of aryl methyl sites for hydroxylation is 1. The van der Waals surface area contributed by atoms with E-state index in [1.807, 2.05) is 0 Å². The van der Waals surface area contributed by atoms with Crippen LogP contribution in [0.4, 0.5) is 0 Å². The molecule has 0 aromatic heterocycles. The van der Waals surface area contributed by atoms with Crippen LogP contribution in [-0.2, 0) is 6.42 Å². The van der Waals surface area contributed by atoms with Gasteiger partial charge in [-0.25, -0.2) is 0 Å². The van der Waals surface area contributed by atoms with Crippen LogP contribution in [0.5, 0.6) is 0 Å². The summed E-state index contributed by atoms with van der Waals surface area (Å²) >= 11 is 6.36. The number of hydrogen-bond acceptors (Lipinski definition) is 0. The molecule has 0 spiro atoms. The highest BCUT2D eigenvalue weighted by molar-refractivity contribution is 6.20. The lowest BCUT2D eigenvalue weighted by atomic mass is 9.81. The monoisotopic (exact) mass is 222 g/mol. The summed E-state index contributed by atoms with van der Waals surface area (Å²) in [6.07, 6.45) is 6.45. The van der Waals surface area contributed by atoms with Crippen molar-refractivity contribution in [2.75, 3.05) is 0 Å². The Kier molecular flexibility index (Phi) is 3.69. The van der Waals surface area contributed by atoms with Gasteiger partial charge in [0.1, 0.15) is 0 Å². The zero-order chi connectivity index (χ0) is 10.7. The van der Waals surface area contributed by atoms with E-state index in [-0.39, 0.29) is 0 Å². The predicted octanol–water partition coefficient (Wildman–Crippen LogP) is 4.34. The summed E-state index contributed by atoms with van der Waals surface area (Å²) in [6, 6.07) is 8.74. The lowest BCUT2D eigenvalue weighted by Gasteiger charge is -2.27. The van der Waals surface area contributed by atoms with Gasteiger partial charge in [0.2, 0.25) is 0 Å². The third kappa shape index (κ3) is 3.24. The Morgan fingerprint density at radius 2 is 1.93 bits per heavy atom. The maximum absolute atomic E-state index is 6.36. The number of alkyl halides is 1. The summed E-state index contributed by atoms with van der Waals surface area (Å²) in [7, 11) is 0. The molecule has 15 heavy (non-hydrogen) atoms. The second kappa shape index (κ2) is 5.03. The zero-order valence-electron chi connectivity index (χ0n) is 9.38. The van der Waals surface area contributed by atoms with E-state index >= 15 is 0 Å². The van der Waals surface area contributed by atoms with Crippen LogP contribution in [-0.4, -0.2) is 5.38 Å². The molecule has 1 aromatic rings. The van der Waals surface area contributed by atoms with E-state index in [0.717, 1.165) is 12.3 Å². The molecule has 1 heteroatoms. The number of hydrogen-bond donors (Lipinski definition) is 0. The van der Waals surface area contributed by atoms with E-state index < -0.39 is 0 Å². The van der Waals surface area contributed by atoms with Crippen molar-refractivity contribution in [3.63, 3.8) is 0 Å². The Balaban J connectivity index is 1.82. The summed E-state index contributed by atoms with van der Waals surface area (Å²) in [4.78, 5) is 0. The first-order valence-corrected chi connectivity index (χ1v) is 6.37. The van der Waals surface area contributed by atoms with Crippen molar-refractivity contribution in [3.8, 4) is 0 Å². The van der Waals surface area contributed by atoms with Gasteiger partial charge in [-0.15, -0.1) is 11.6 Å². The van der Waals surface area contributed by atoms with E-state index in [1.165, 1.54) is 36.8 Å². The van der Waals surface area contributed by atoms with Gasteiger partial charge in [-0.3, -0.25) is 0 Å². The smallest absolute Gasteiger partial charge is 0.0379 e. The molecule has 1 aliphatic rings. The normalized spacial score (nSPS) is 18.5. The first-order chi connectivity index (χ1) is 7.24. The maximum atomic E-state index is 6.36. The molecule has 0 amide bonds. The number of benzene rings is 1. The van der Waals surface area contributed by atoms with Gasteiger partial charge in [-0.2, -0.15) is 0 Å². The quantitative estimate of drug-likeness (QED) is 0.665. The van der Waals surface area contributed by atoms with Gasteiger partial charge in [-0.1, -0.05) is 49.1 Å². The van der Waals surface area contributed by atoms with Crippen molar-refractivity contribution in [1.29, 1.82) is 0 Å². The summed E-state index contributed by atoms with van der Waals surface area (Å²) in [5.74, 6) is 0.915. The molecular weight excluding hydrogens is 204 g/mol. The molecule has 82 valence electrons. The minimum atomic E-state index is 0.331. The molecule has 1 unspecified atom stereocenters. The Hall–Kier alpha value is -0.490. The topological polar surface area (TPSA) is 0 Å². The molecule has 0 heterocycles. The highest BCUT2D eigenvalue weighted by atomic mass is 35.5. The van der Waals surface area contributed by atoms with Crippen molar-refractivity contribution >= 4 is 11.6 Å². The van der Waals surface area contributed by atoms with Crippen molar-refractivity contribution in [2.45, 2.75) is 44.4 Å². The second-order valence-electron chi connectivity index (χ2n) is 4.82. The molecule has 1 aliphatic carbocycles. The van der Waals surface area contributed by atoms with Gasteiger partial charge >= 0.3 is 0 Å². The van der Waals surface area contributed by atoms with Crippen molar-refractivity contribution < 1.29 is 0 Å². The van der Waals surface area contributed by atoms with Crippen LogP contribution < -0.4 is 0 Å². The third-order valence-corrected chi connectivity index (χ3v) is 3.72. The van der Waals surface area contributed by atoms with E-state index in [9.17, 15) is 0 Å². The molecule has 2 rings (SSSR count). The summed E-state index contributed by atoms with van der Waals surface area (Å²) in [6.45, 7) is 2.12. The predicted molar refractivity (Wildman–Crippen MR) is 66.5 cm³/mol. The van der Waals surface area contributed by atoms with Gasteiger partial charge < -0.3 is 0 Å². The molecule has 0 saturated heterocycles. The second-order valence-corrected chi connectivity index (χ2v) is 5.44. The molecule has 1 atom stereocenters. The molecule has 1 fully saturated rings. The van der Waals surface area contributed by atoms with Gasteiger partial charge in [0, 0.05) is 5.38 Å². The summed E-state index contributed by atoms with van der Waals surface area (Å²) in [5.41, 5.74) is 2.70. The van der Waals surface area contributed by atoms with Gasteiger partial charge in [0.05, 0.1) is 0 Å². The van der Waals surface area contributed by atoms with E-state index in [1.54, 1.807) is 0 Å². The lowest BCUT2D eigenvalue weighted by Crippen LogP contribution is -2.17. The molecule has 0 nitrogen and oxygen atoms in total. The van der Waals surface area contributed by atoms with Gasteiger partial charge in [0.15, 0.2) is 0 Å². The largest absolute Gasteiger partial charge is 0.123 e. The van der Waals surface area contributed by atoms with Crippen LogP contribution in [0.2, 0.25) is 0 Å². The number of halogens is 1. The van der Waals surface area contributed by atoms with Crippen LogP contribution in [0.1, 0.15) is 36.8 Å². The fourth-order valence-corrected chi connectivity index (χ4v) is 2.58. The molecule has 0 radical (unpaired) electrons. The molecule has 1 aromatic carbocycles. The third-order valence-electron chi connectivity index (χ3n) is 3.39. The van der Waals surface area contributed by atoms with Gasteiger partial charge in [0.25, 0.3) is 0 Å². The fraction of sp³-hybridized carbons (Fsp3) is 0.571. The minimum absolute atomic E-state index is 0.331. The average Bonchev–Trinajstić information content (AvgIpc) is 2.16. The molecule has 0 aliphatic heterocycles. The van der Waals surface area contributed by atoms with Gasteiger partial charge in [-0.05, 0) is 31.2 Å². The van der Waals surface area contributed by atoms with Crippen LogP contribution in [0, 0.1) is 12.8 Å². The average molecular weight is 223 g/mol. The fourth-order valence-electron chi connectivity index (χ4n) is 2.15. The van der Waals surface area contributed by atoms with E-state index in [2.05, 4.69) is 31.2 Å². The van der Waals surface area contributed by atoms with Crippen molar-refractivity contribution in [1.82, 2.24) is 0 Å². The Labute approximate surface area is 97.6 Å². The maximum Gasteiger partial charge on any atom is 0.0379 e. The Morgan fingerprint density at radius 3 is 2.47 bits per heavy atom.